The zero-order valence-electron chi connectivity index (χ0n) is 13.0. The molecular weight excluding hydrogens is 322 g/mol. The second-order valence-electron chi connectivity index (χ2n) is 5.67. The number of nitrogens with one attached hydrogen (secondary N) is 1. The first-order chi connectivity index (χ1) is 11.7. The van der Waals surface area contributed by atoms with E-state index >= 15 is 0 Å². The highest BCUT2D eigenvalue weighted by Crippen LogP contribution is 2.43. The minimum atomic E-state index is -0.429. The number of thiazole rings is 1. The van der Waals surface area contributed by atoms with Crippen LogP contribution in [0, 0.1) is 0 Å². The lowest BCUT2D eigenvalue weighted by Crippen LogP contribution is -2.29. The van der Waals surface area contributed by atoms with Gasteiger partial charge in [0.05, 0.1) is 18.0 Å². The van der Waals surface area contributed by atoms with Gasteiger partial charge in [-0.3, -0.25) is 10.1 Å². The molecule has 6 heteroatoms. The van der Waals surface area contributed by atoms with Crippen LogP contribution < -0.4 is 0 Å². The molecule has 0 saturated carbocycles. The van der Waals surface area contributed by atoms with E-state index in [0.29, 0.717) is 12.1 Å². The van der Waals surface area contributed by atoms with E-state index in [9.17, 15) is 4.79 Å². The average Bonchev–Trinajstić information content (AvgIpc) is 3.31. The average molecular weight is 337 g/mol. The molecule has 0 radical (unpaired) electrons. The summed E-state index contributed by atoms with van der Waals surface area (Å²) in [4.78, 5) is 17.3. The highest BCUT2D eigenvalue weighted by molar-refractivity contribution is 7.09. The Bertz CT molecular complexity index is 900. The number of hydrogen-bond acceptors (Lipinski definition) is 5. The first-order valence-corrected chi connectivity index (χ1v) is 8.42. The van der Waals surface area contributed by atoms with Crippen LogP contribution in [0.15, 0.2) is 48.1 Å². The molecule has 0 aliphatic heterocycles. The van der Waals surface area contributed by atoms with E-state index in [-0.39, 0.29) is 5.41 Å². The van der Waals surface area contributed by atoms with Crippen molar-refractivity contribution in [2.75, 3.05) is 7.11 Å². The number of fused-ring (bicyclic) bond motifs is 1. The topological polar surface area (TPSA) is 67.9 Å². The number of aromatic amines is 1. The number of aromatic nitrogens is 3. The third kappa shape index (κ3) is 2.18. The number of nitrogens with zero attached hydrogens (tertiary/aromatic N) is 2. The molecule has 120 valence electrons. The zero-order chi connectivity index (χ0) is 16.6. The SMILES string of the molecule is COC(=O)c1n[nH]c2c1C=CC(c1ccccc1)(c1cncs1)C2. The third-order valence-electron chi connectivity index (χ3n) is 4.41. The lowest BCUT2D eigenvalue weighted by Gasteiger charge is -2.32. The maximum Gasteiger partial charge on any atom is 0.359 e. The Hall–Kier alpha value is -2.73. The second kappa shape index (κ2) is 5.72. The van der Waals surface area contributed by atoms with Crippen LogP contribution in [0.5, 0.6) is 0 Å². The molecule has 4 rings (SSSR count). The second-order valence-corrected chi connectivity index (χ2v) is 6.56. The molecule has 3 aromatic rings. The largest absolute Gasteiger partial charge is 0.464 e. The van der Waals surface area contributed by atoms with Gasteiger partial charge in [0.2, 0.25) is 0 Å². The number of rotatable bonds is 3. The molecule has 0 saturated heterocycles. The molecule has 1 aliphatic carbocycles. The van der Waals surface area contributed by atoms with Crippen molar-refractivity contribution in [3.63, 3.8) is 0 Å². The Kier molecular flexibility index (Phi) is 3.54. The van der Waals surface area contributed by atoms with E-state index in [0.717, 1.165) is 16.1 Å². The lowest BCUT2D eigenvalue weighted by molar-refractivity contribution is 0.0593. The van der Waals surface area contributed by atoms with Crippen LogP contribution in [-0.4, -0.2) is 28.3 Å². The van der Waals surface area contributed by atoms with Gasteiger partial charge in [-0.05, 0) is 5.56 Å². The minimum Gasteiger partial charge on any atom is -0.464 e. The van der Waals surface area contributed by atoms with Crippen LogP contribution >= 0.6 is 11.3 Å². The van der Waals surface area contributed by atoms with Crippen molar-refractivity contribution in [2.24, 2.45) is 0 Å². The molecule has 24 heavy (non-hydrogen) atoms. The monoisotopic (exact) mass is 337 g/mol. The smallest absolute Gasteiger partial charge is 0.359 e. The number of hydrogen-bond donors (Lipinski definition) is 1. The van der Waals surface area contributed by atoms with Crippen LogP contribution in [0.25, 0.3) is 6.08 Å². The van der Waals surface area contributed by atoms with Crippen molar-refractivity contribution in [1.82, 2.24) is 15.2 Å². The number of methoxy groups -OCH3 is 1. The molecule has 2 aromatic heterocycles. The Morgan fingerprint density at radius 2 is 2.17 bits per heavy atom. The third-order valence-corrected chi connectivity index (χ3v) is 5.36. The van der Waals surface area contributed by atoms with Crippen molar-refractivity contribution < 1.29 is 9.53 Å². The number of ether oxygens (including phenoxy) is 1. The summed E-state index contributed by atoms with van der Waals surface area (Å²) >= 11 is 1.63. The van der Waals surface area contributed by atoms with Crippen molar-refractivity contribution in [2.45, 2.75) is 11.8 Å². The van der Waals surface area contributed by atoms with Crippen molar-refractivity contribution in [3.05, 3.63) is 75.5 Å². The Balaban J connectivity index is 1.86. The van der Waals surface area contributed by atoms with Crippen molar-refractivity contribution >= 4 is 23.4 Å². The van der Waals surface area contributed by atoms with Crippen LogP contribution in [0.4, 0.5) is 0 Å². The summed E-state index contributed by atoms with van der Waals surface area (Å²) in [5.41, 5.74) is 4.78. The van der Waals surface area contributed by atoms with E-state index in [2.05, 4.69) is 33.4 Å². The number of carbonyl (C=O) groups excluding carboxylic acids is 1. The minimum absolute atomic E-state index is 0.310. The van der Waals surface area contributed by atoms with Crippen LogP contribution in [0.3, 0.4) is 0 Å². The highest BCUT2D eigenvalue weighted by atomic mass is 32.1. The molecule has 1 atom stereocenters. The number of esters is 1. The molecule has 0 amide bonds. The van der Waals surface area contributed by atoms with Gasteiger partial charge in [-0.2, -0.15) is 5.10 Å². The van der Waals surface area contributed by atoms with Gasteiger partial charge in [0.15, 0.2) is 5.69 Å². The fourth-order valence-electron chi connectivity index (χ4n) is 3.20. The fourth-order valence-corrected chi connectivity index (χ4v) is 4.02. The summed E-state index contributed by atoms with van der Waals surface area (Å²) in [6, 6.07) is 10.3. The molecule has 5 nitrogen and oxygen atoms in total. The number of benzene rings is 1. The summed E-state index contributed by atoms with van der Waals surface area (Å²) < 4.78 is 4.81. The Morgan fingerprint density at radius 3 is 2.88 bits per heavy atom. The normalized spacial score (nSPS) is 19.0. The predicted molar refractivity (Wildman–Crippen MR) is 92.0 cm³/mol. The predicted octanol–water partition coefficient (Wildman–Crippen LogP) is 3.21. The molecule has 0 fully saturated rings. The van der Waals surface area contributed by atoms with Gasteiger partial charge < -0.3 is 4.74 Å². The standard InChI is InChI=1S/C18H15N3O2S/c1-23-17(22)16-13-7-8-18(9-14(13)20-21-16,15-10-19-11-24-15)12-5-3-2-4-6-12/h2-8,10-11H,9H2,1H3,(H,20,21). The van der Waals surface area contributed by atoms with Gasteiger partial charge in [0.1, 0.15) is 0 Å². The molecule has 0 spiro atoms. The number of allylic oxidation sites excluding steroid dienone is 1. The summed E-state index contributed by atoms with van der Waals surface area (Å²) in [6.45, 7) is 0. The molecule has 1 N–H and O–H groups in total. The first kappa shape index (κ1) is 14.8. The van der Waals surface area contributed by atoms with E-state index in [1.54, 1.807) is 11.3 Å². The maximum absolute atomic E-state index is 11.9. The molecule has 1 aliphatic rings. The quantitative estimate of drug-likeness (QED) is 0.745. The van der Waals surface area contributed by atoms with Crippen LogP contribution in [0.2, 0.25) is 0 Å². The summed E-state index contributed by atoms with van der Waals surface area (Å²) in [6.07, 6.45) is 6.70. The molecule has 1 aromatic carbocycles. The van der Waals surface area contributed by atoms with Gasteiger partial charge in [-0.1, -0.05) is 42.5 Å². The molecule has 0 bridgehead atoms. The van der Waals surface area contributed by atoms with E-state index in [4.69, 9.17) is 4.74 Å². The van der Waals surface area contributed by atoms with Gasteiger partial charge in [0, 0.05) is 28.8 Å². The highest BCUT2D eigenvalue weighted by Gasteiger charge is 2.38. The molecule has 1 unspecified atom stereocenters. The Labute approximate surface area is 143 Å². The van der Waals surface area contributed by atoms with Gasteiger partial charge >= 0.3 is 5.97 Å². The van der Waals surface area contributed by atoms with Crippen molar-refractivity contribution in [3.8, 4) is 0 Å². The zero-order valence-corrected chi connectivity index (χ0v) is 13.8. The van der Waals surface area contributed by atoms with Gasteiger partial charge in [-0.25, -0.2) is 4.79 Å². The molecular formula is C18H15N3O2S. The molecule has 2 heterocycles. The number of H-pyrrole nitrogens is 1. The van der Waals surface area contributed by atoms with E-state index in [1.807, 2.05) is 36.0 Å². The van der Waals surface area contributed by atoms with Crippen molar-refractivity contribution in [1.29, 1.82) is 0 Å². The van der Waals surface area contributed by atoms with E-state index in [1.165, 1.54) is 12.7 Å². The summed E-state index contributed by atoms with van der Waals surface area (Å²) in [5, 5.41) is 7.16. The maximum atomic E-state index is 11.9. The summed E-state index contributed by atoms with van der Waals surface area (Å²) in [5.74, 6) is -0.429. The lowest BCUT2D eigenvalue weighted by atomic mass is 9.72. The van der Waals surface area contributed by atoms with Gasteiger partial charge in [-0.15, -0.1) is 11.3 Å². The van der Waals surface area contributed by atoms with Crippen LogP contribution in [0.1, 0.15) is 32.2 Å². The van der Waals surface area contributed by atoms with Crippen LogP contribution in [-0.2, 0) is 16.6 Å². The van der Waals surface area contributed by atoms with E-state index < -0.39 is 5.97 Å². The summed E-state index contributed by atoms with van der Waals surface area (Å²) in [7, 11) is 1.36. The number of carbonyl (C=O) groups is 1. The first-order valence-electron chi connectivity index (χ1n) is 7.54. The van der Waals surface area contributed by atoms with Gasteiger partial charge in [0.25, 0.3) is 0 Å². The Morgan fingerprint density at radius 1 is 1.33 bits per heavy atom. The fraction of sp³-hybridized carbons (Fsp3) is 0.167.